The molecule has 0 saturated carbocycles. The van der Waals surface area contributed by atoms with E-state index in [2.05, 4.69) is 9.71 Å². The number of aryl methyl sites for hydroxylation is 2. The van der Waals surface area contributed by atoms with Crippen LogP contribution >= 0.6 is 0 Å². The summed E-state index contributed by atoms with van der Waals surface area (Å²) in [6.45, 7) is 5.30. The van der Waals surface area contributed by atoms with Gasteiger partial charge in [-0.1, -0.05) is 0 Å². The first-order valence-electron chi connectivity index (χ1n) is 4.35. The van der Waals surface area contributed by atoms with Gasteiger partial charge in [-0.3, -0.25) is 0 Å². The van der Waals surface area contributed by atoms with Gasteiger partial charge in [-0.2, -0.15) is 0 Å². The van der Waals surface area contributed by atoms with Crippen LogP contribution in [0.2, 0.25) is 0 Å². The molecule has 0 aliphatic carbocycles. The van der Waals surface area contributed by atoms with E-state index >= 15 is 0 Å². The van der Waals surface area contributed by atoms with Gasteiger partial charge in [0.15, 0.2) is 5.03 Å². The molecule has 0 saturated heterocycles. The third kappa shape index (κ3) is 2.33. The van der Waals surface area contributed by atoms with E-state index in [4.69, 9.17) is 0 Å². The lowest BCUT2D eigenvalue weighted by atomic mass is 10.4. The molecule has 80 valence electrons. The summed E-state index contributed by atoms with van der Waals surface area (Å²) >= 11 is 0. The summed E-state index contributed by atoms with van der Waals surface area (Å²) in [7, 11) is -1.68. The number of nitrogens with one attached hydrogen (secondary N) is 1. The zero-order valence-corrected chi connectivity index (χ0v) is 9.59. The van der Waals surface area contributed by atoms with Gasteiger partial charge in [-0.05, 0) is 20.8 Å². The van der Waals surface area contributed by atoms with E-state index < -0.39 is 10.0 Å². The number of rotatable bonds is 3. The molecule has 0 fully saturated rings. The van der Waals surface area contributed by atoms with Gasteiger partial charge in [0.05, 0.1) is 0 Å². The van der Waals surface area contributed by atoms with E-state index in [0.29, 0.717) is 5.82 Å². The van der Waals surface area contributed by atoms with Crippen LogP contribution in [0.3, 0.4) is 0 Å². The van der Waals surface area contributed by atoms with E-state index in [-0.39, 0.29) is 11.1 Å². The second-order valence-corrected chi connectivity index (χ2v) is 5.17. The molecule has 0 aliphatic heterocycles. The lowest BCUT2D eigenvalue weighted by Crippen LogP contribution is -2.30. The Labute approximate surface area is 84.2 Å². The Morgan fingerprint density at radius 2 is 2.07 bits per heavy atom. The zero-order chi connectivity index (χ0) is 10.9. The van der Waals surface area contributed by atoms with Crippen LogP contribution in [0.5, 0.6) is 0 Å². The van der Waals surface area contributed by atoms with Crippen molar-refractivity contribution in [1.82, 2.24) is 14.3 Å². The van der Waals surface area contributed by atoms with Crippen LogP contribution in [0.1, 0.15) is 19.7 Å². The highest BCUT2D eigenvalue weighted by Gasteiger charge is 2.18. The Balaban J connectivity index is 3.05. The predicted octanol–water partition coefficient (Wildman–Crippen LogP) is 0.415. The van der Waals surface area contributed by atoms with Crippen molar-refractivity contribution in [2.45, 2.75) is 31.8 Å². The van der Waals surface area contributed by atoms with Gasteiger partial charge in [0.25, 0.3) is 10.0 Å². The van der Waals surface area contributed by atoms with Crippen LogP contribution in [0.25, 0.3) is 0 Å². The van der Waals surface area contributed by atoms with Crippen LogP contribution < -0.4 is 4.72 Å². The van der Waals surface area contributed by atoms with Gasteiger partial charge >= 0.3 is 0 Å². The van der Waals surface area contributed by atoms with Crippen molar-refractivity contribution in [2.75, 3.05) is 0 Å². The molecule has 0 amide bonds. The van der Waals surface area contributed by atoms with E-state index in [1.54, 1.807) is 32.4 Å². The molecule has 0 unspecified atom stereocenters. The molecule has 0 aromatic carbocycles. The Bertz CT molecular complexity index is 400. The van der Waals surface area contributed by atoms with Crippen molar-refractivity contribution >= 4 is 10.0 Å². The quantitative estimate of drug-likeness (QED) is 0.798. The minimum absolute atomic E-state index is 0.0752. The van der Waals surface area contributed by atoms with E-state index in [1.807, 2.05) is 0 Å². The van der Waals surface area contributed by atoms with Crippen molar-refractivity contribution < 1.29 is 8.42 Å². The van der Waals surface area contributed by atoms with Crippen molar-refractivity contribution in [3.05, 3.63) is 12.0 Å². The molecule has 0 aliphatic rings. The van der Waals surface area contributed by atoms with Gasteiger partial charge < -0.3 is 4.57 Å². The highest BCUT2D eigenvalue weighted by molar-refractivity contribution is 7.89. The smallest absolute Gasteiger partial charge is 0.259 e. The SMILES string of the molecule is Cc1nc(S(=O)(=O)NC(C)C)cn1C. The molecule has 0 spiro atoms. The van der Waals surface area contributed by atoms with Gasteiger partial charge in [0, 0.05) is 19.3 Å². The highest BCUT2D eigenvalue weighted by atomic mass is 32.2. The van der Waals surface area contributed by atoms with E-state index in [9.17, 15) is 8.42 Å². The average Bonchev–Trinajstić information content (AvgIpc) is 2.30. The topological polar surface area (TPSA) is 64.0 Å². The highest BCUT2D eigenvalue weighted by Crippen LogP contribution is 2.07. The summed E-state index contributed by atoms with van der Waals surface area (Å²) in [6, 6.07) is -0.123. The first kappa shape index (κ1) is 11.2. The lowest BCUT2D eigenvalue weighted by molar-refractivity contribution is 0.566. The largest absolute Gasteiger partial charge is 0.337 e. The van der Waals surface area contributed by atoms with Crippen LogP contribution in [0.4, 0.5) is 0 Å². The number of imidazole rings is 1. The fraction of sp³-hybridized carbons (Fsp3) is 0.625. The van der Waals surface area contributed by atoms with Gasteiger partial charge in [-0.25, -0.2) is 18.1 Å². The summed E-state index contributed by atoms with van der Waals surface area (Å²) < 4.78 is 27.4. The van der Waals surface area contributed by atoms with Crippen molar-refractivity contribution in [3.63, 3.8) is 0 Å². The molecular formula is C8H15N3O2S. The molecule has 14 heavy (non-hydrogen) atoms. The zero-order valence-electron chi connectivity index (χ0n) is 8.77. The summed E-state index contributed by atoms with van der Waals surface area (Å²) in [6.07, 6.45) is 1.50. The normalized spacial score (nSPS) is 12.4. The predicted molar refractivity (Wildman–Crippen MR) is 53.4 cm³/mol. The van der Waals surface area contributed by atoms with Crippen LogP contribution in [-0.4, -0.2) is 24.0 Å². The summed E-state index contributed by atoms with van der Waals surface area (Å²) in [4.78, 5) is 3.95. The molecule has 0 bridgehead atoms. The first-order valence-corrected chi connectivity index (χ1v) is 5.83. The van der Waals surface area contributed by atoms with Gasteiger partial charge in [-0.15, -0.1) is 0 Å². The Kier molecular flexibility index (Phi) is 2.96. The molecule has 1 heterocycles. The van der Waals surface area contributed by atoms with E-state index in [1.165, 1.54) is 6.20 Å². The molecule has 0 atom stereocenters. The molecule has 1 rings (SSSR count). The molecule has 0 radical (unpaired) electrons. The summed E-state index contributed by atoms with van der Waals surface area (Å²) in [5.74, 6) is 0.675. The third-order valence-corrected chi connectivity index (χ3v) is 3.28. The summed E-state index contributed by atoms with van der Waals surface area (Å²) in [5.41, 5.74) is 0. The molecule has 1 N–H and O–H groups in total. The number of aromatic nitrogens is 2. The van der Waals surface area contributed by atoms with Crippen LogP contribution in [-0.2, 0) is 17.1 Å². The number of sulfonamides is 1. The second kappa shape index (κ2) is 3.70. The maximum Gasteiger partial charge on any atom is 0.259 e. The molecule has 6 heteroatoms. The van der Waals surface area contributed by atoms with E-state index in [0.717, 1.165) is 0 Å². The number of hydrogen-bond donors (Lipinski definition) is 1. The standard InChI is InChI=1S/C8H15N3O2S/c1-6(2)10-14(12,13)8-5-11(4)7(3)9-8/h5-6,10H,1-4H3. The van der Waals surface area contributed by atoms with Gasteiger partial charge in [0.1, 0.15) is 5.82 Å². The maximum absolute atomic E-state index is 11.6. The van der Waals surface area contributed by atoms with Crippen molar-refractivity contribution in [1.29, 1.82) is 0 Å². The summed E-state index contributed by atoms with van der Waals surface area (Å²) in [5, 5.41) is 0.0752. The Hall–Kier alpha value is -0.880. The monoisotopic (exact) mass is 217 g/mol. The minimum atomic E-state index is -3.44. The van der Waals surface area contributed by atoms with Gasteiger partial charge in [0.2, 0.25) is 0 Å². The second-order valence-electron chi connectivity index (χ2n) is 3.51. The molecule has 1 aromatic heterocycles. The average molecular weight is 217 g/mol. The Morgan fingerprint density at radius 1 is 1.50 bits per heavy atom. The minimum Gasteiger partial charge on any atom is -0.337 e. The molecule has 1 aromatic rings. The third-order valence-electron chi connectivity index (χ3n) is 1.75. The maximum atomic E-state index is 11.6. The lowest BCUT2D eigenvalue weighted by Gasteiger charge is -2.06. The molecule has 5 nitrogen and oxygen atoms in total. The van der Waals surface area contributed by atoms with Crippen molar-refractivity contribution in [2.24, 2.45) is 7.05 Å². The number of hydrogen-bond acceptors (Lipinski definition) is 3. The Morgan fingerprint density at radius 3 is 2.43 bits per heavy atom. The van der Waals surface area contributed by atoms with Crippen molar-refractivity contribution in [3.8, 4) is 0 Å². The fourth-order valence-corrected chi connectivity index (χ4v) is 2.32. The number of nitrogens with zero attached hydrogens (tertiary/aromatic N) is 2. The molecular weight excluding hydrogens is 202 g/mol. The van der Waals surface area contributed by atoms with Crippen LogP contribution in [0, 0.1) is 6.92 Å². The van der Waals surface area contributed by atoms with Crippen LogP contribution in [0.15, 0.2) is 11.2 Å². The fourth-order valence-electron chi connectivity index (χ4n) is 1.03. The first-order chi connectivity index (χ1) is 6.33.